The van der Waals surface area contributed by atoms with Crippen LogP contribution in [0.15, 0.2) is 0 Å². The summed E-state index contributed by atoms with van der Waals surface area (Å²) >= 11 is 0. The number of carbonyl (C=O) groups excluding carboxylic acids is 2. The smallest absolute Gasteiger partial charge is 0.245 e. The van der Waals surface area contributed by atoms with Crippen molar-refractivity contribution < 1.29 is 14.3 Å². The van der Waals surface area contributed by atoms with Gasteiger partial charge < -0.3 is 14.5 Å². The summed E-state index contributed by atoms with van der Waals surface area (Å²) in [7, 11) is 0. The first-order valence-electron chi connectivity index (χ1n) is 8.98. The maximum absolute atomic E-state index is 12.9. The molecule has 130 valence electrons. The van der Waals surface area contributed by atoms with Crippen LogP contribution in [-0.4, -0.2) is 84.5 Å². The summed E-state index contributed by atoms with van der Waals surface area (Å²) in [5.74, 6) is 0.721. The van der Waals surface area contributed by atoms with Crippen LogP contribution in [0.2, 0.25) is 0 Å². The molecule has 3 saturated heterocycles. The topological polar surface area (TPSA) is 53.1 Å². The molecule has 0 aromatic heterocycles. The Labute approximate surface area is 138 Å². The van der Waals surface area contributed by atoms with E-state index in [-0.39, 0.29) is 17.9 Å². The highest BCUT2D eigenvalue weighted by Crippen LogP contribution is 2.24. The monoisotopic (exact) mass is 323 g/mol. The van der Waals surface area contributed by atoms with Gasteiger partial charge in [0.1, 0.15) is 6.04 Å². The quantitative estimate of drug-likeness (QED) is 0.762. The van der Waals surface area contributed by atoms with Crippen LogP contribution in [0.25, 0.3) is 0 Å². The normalized spacial score (nSPS) is 31.5. The highest BCUT2D eigenvalue weighted by Gasteiger charge is 2.39. The van der Waals surface area contributed by atoms with E-state index in [1.807, 2.05) is 11.8 Å². The summed E-state index contributed by atoms with van der Waals surface area (Å²) in [6, 6.07) is 0.102. The first kappa shape index (κ1) is 16.7. The number of piperidine rings is 1. The van der Waals surface area contributed by atoms with Gasteiger partial charge in [-0.3, -0.25) is 14.5 Å². The average Bonchev–Trinajstić information content (AvgIpc) is 2.96. The number of likely N-dealkylation sites (tertiary alicyclic amines) is 2. The molecule has 3 atom stereocenters. The Morgan fingerprint density at radius 1 is 1.17 bits per heavy atom. The van der Waals surface area contributed by atoms with Crippen LogP contribution in [0, 0.1) is 5.92 Å². The standard InChI is InChI=1S/C17H29N3O3/c1-13-11-19(12-15(13)18-7-9-23-10-8-18)17(22)14(2)20-6-4-3-5-16(20)21/h13-15H,3-12H2,1-2H3/t13-,14-,15+/m1/s1. The third-order valence-electron chi connectivity index (χ3n) is 5.58. The predicted molar refractivity (Wildman–Crippen MR) is 87.0 cm³/mol. The molecule has 3 aliphatic heterocycles. The summed E-state index contributed by atoms with van der Waals surface area (Å²) in [5.41, 5.74) is 0. The molecule has 0 aliphatic carbocycles. The number of nitrogens with zero attached hydrogens (tertiary/aromatic N) is 3. The zero-order chi connectivity index (χ0) is 16.4. The average molecular weight is 323 g/mol. The van der Waals surface area contributed by atoms with Gasteiger partial charge in [-0.05, 0) is 25.7 Å². The van der Waals surface area contributed by atoms with Crippen molar-refractivity contribution in [1.29, 1.82) is 0 Å². The van der Waals surface area contributed by atoms with Crippen molar-refractivity contribution >= 4 is 11.8 Å². The first-order chi connectivity index (χ1) is 11.1. The van der Waals surface area contributed by atoms with E-state index in [0.717, 1.165) is 58.8 Å². The minimum atomic E-state index is -0.321. The summed E-state index contributed by atoms with van der Waals surface area (Å²) in [6.07, 6.45) is 2.55. The number of rotatable bonds is 3. The molecule has 3 fully saturated rings. The molecule has 3 aliphatic rings. The Kier molecular flexibility index (Phi) is 5.21. The summed E-state index contributed by atoms with van der Waals surface area (Å²) in [4.78, 5) is 31.1. The molecule has 0 N–H and O–H groups in total. The fourth-order valence-corrected chi connectivity index (χ4v) is 4.15. The maximum Gasteiger partial charge on any atom is 0.245 e. The molecule has 6 nitrogen and oxygen atoms in total. The van der Waals surface area contributed by atoms with Crippen molar-refractivity contribution in [3.05, 3.63) is 0 Å². The lowest BCUT2D eigenvalue weighted by molar-refractivity contribution is -0.146. The van der Waals surface area contributed by atoms with E-state index in [1.54, 1.807) is 4.90 Å². The van der Waals surface area contributed by atoms with Gasteiger partial charge in [0, 0.05) is 45.2 Å². The van der Waals surface area contributed by atoms with E-state index in [0.29, 0.717) is 18.4 Å². The number of morpholine rings is 1. The van der Waals surface area contributed by atoms with Crippen LogP contribution in [0.1, 0.15) is 33.1 Å². The van der Waals surface area contributed by atoms with E-state index in [9.17, 15) is 9.59 Å². The number of hydrogen-bond donors (Lipinski definition) is 0. The number of carbonyl (C=O) groups is 2. The molecule has 23 heavy (non-hydrogen) atoms. The van der Waals surface area contributed by atoms with E-state index in [4.69, 9.17) is 4.74 Å². The summed E-state index contributed by atoms with van der Waals surface area (Å²) in [5, 5.41) is 0. The Hall–Kier alpha value is -1.14. The minimum Gasteiger partial charge on any atom is -0.379 e. The zero-order valence-electron chi connectivity index (χ0n) is 14.4. The molecule has 0 spiro atoms. The fourth-order valence-electron chi connectivity index (χ4n) is 4.15. The number of ether oxygens (including phenoxy) is 1. The van der Waals surface area contributed by atoms with Crippen molar-refractivity contribution in [2.45, 2.75) is 45.2 Å². The molecule has 2 amide bonds. The Balaban J connectivity index is 1.60. The van der Waals surface area contributed by atoms with Gasteiger partial charge in [-0.15, -0.1) is 0 Å². The third kappa shape index (κ3) is 3.53. The fraction of sp³-hybridized carbons (Fsp3) is 0.882. The second-order valence-corrected chi connectivity index (χ2v) is 7.16. The van der Waals surface area contributed by atoms with Gasteiger partial charge in [-0.1, -0.05) is 6.92 Å². The van der Waals surface area contributed by atoms with E-state index >= 15 is 0 Å². The Morgan fingerprint density at radius 3 is 2.61 bits per heavy atom. The maximum atomic E-state index is 12.9. The lowest BCUT2D eigenvalue weighted by Crippen LogP contribution is -2.51. The van der Waals surface area contributed by atoms with Crippen LogP contribution >= 0.6 is 0 Å². The predicted octanol–water partition coefficient (Wildman–Crippen LogP) is 0.567. The van der Waals surface area contributed by atoms with Crippen molar-refractivity contribution in [1.82, 2.24) is 14.7 Å². The van der Waals surface area contributed by atoms with Crippen molar-refractivity contribution in [3.63, 3.8) is 0 Å². The van der Waals surface area contributed by atoms with Gasteiger partial charge >= 0.3 is 0 Å². The molecule has 0 aromatic rings. The molecule has 3 rings (SSSR count). The molecule has 0 saturated carbocycles. The molecule has 3 heterocycles. The van der Waals surface area contributed by atoms with Crippen molar-refractivity contribution in [2.75, 3.05) is 45.9 Å². The second-order valence-electron chi connectivity index (χ2n) is 7.16. The van der Waals surface area contributed by atoms with Gasteiger partial charge in [-0.25, -0.2) is 0 Å². The van der Waals surface area contributed by atoms with Crippen LogP contribution < -0.4 is 0 Å². The molecule has 0 radical (unpaired) electrons. The molecular weight excluding hydrogens is 294 g/mol. The molecule has 0 unspecified atom stereocenters. The van der Waals surface area contributed by atoms with Crippen molar-refractivity contribution in [2.24, 2.45) is 5.92 Å². The highest BCUT2D eigenvalue weighted by atomic mass is 16.5. The summed E-state index contributed by atoms with van der Waals surface area (Å²) < 4.78 is 5.43. The van der Waals surface area contributed by atoms with Crippen LogP contribution in [-0.2, 0) is 14.3 Å². The van der Waals surface area contributed by atoms with Gasteiger partial charge in [0.2, 0.25) is 11.8 Å². The minimum absolute atomic E-state index is 0.114. The molecule has 6 heteroatoms. The second kappa shape index (κ2) is 7.18. The Morgan fingerprint density at radius 2 is 1.91 bits per heavy atom. The molecule has 0 aromatic carbocycles. The van der Waals surface area contributed by atoms with Gasteiger partial charge in [0.25, 0.3) is 0 Å². The zero-order valence-corrected chi connectivity index (χ0v) is 14.4. The Bertz CT molecular complexity index is 450. The van der Waals surface area contributed by atoms with Gasteiger partial charge in [0.05, 0.1) is 13.2 Å². The lowest BCUT2D eigenvalue weighted by Gasteiger charge is -2.35. The van der Waals surface area contributed by atoms with Crippen LogP contribution in [0.4, 0.5) is 0 Å². The molecular formula is C17H29N3O3. The van der Waals surface area contributed by atoms with Crippen molar-refractivity contribution in [3.8, 4) is 0 Å². The number of hydrogen-bond acceptors (Lipinski definition) is 4. The van der Waals surface area contributed by atoms with E-state index in [2.05, 4.69) is 11.8 Å². The first-order valence-corrected chi connectivity index (χ1v) is 8.98. The third-order valence-corrected chi connectivity index (χ3v) is 5.58. The van der Waals surface area contributed by atoms with Crippen LogP contribution in [0.3, 0.4) is 0 Å². The van der Waals surface area contributed by atoms with E-state index < -0.39 is 0 Å². The van der Waals surface area contributed by atoms with Gasteiger partial charge in [-0.2, -0.15) is 0 Å². The van der Waals surface area contributed by atoms with E-state index in [1.165, 1.54) is 0 Å². The highest BCUT2D eigenvalue weighted by molar-refractivity contribution is 5.88. The van der Waals surface area contributed by atoms with Crippen LogP contribution in [0.5, 0.6) is 0 Å². The lowest BCUT2D eigenvalue weighted by atomic mass is 10.0. The SMILES string of the molecule is C[C@@H]1CN(C(=O)[C@@H](C)N2CCCCC2=O)C[C@@H]1N1CCOCC1. The summed E-state index contributed by atoms with van der Waals surface area (Å²) in [6.45, 7) is 9.91. The largest absolute Gasteiger partial charge is 0.379 e. The molecule has 0 bridgehead atoms. The van der Waals surface area contributed by atoms with Gasteiger partial charge in [0.15, 0.2) is 0 Å². The number of amides is 2.